The molecule has 0 radical (unpaired) electrons. The number of halogens is 1. The SMILES string of the molecule is CCc1ccccc1N(C(=O)c1ccnn1C)c1ncccc1I. The van der Waals surface area contributed by atoms with Crippen LogP contribution in [0.5, 0.6) is 0 Å². The van der Waals surface area contributed by atoms with Gasteiger partial charge >= 0.3 is 0 Å². The molecule has 3 aromatic rings. The minimum absolute atomic E-state index is 0.146. The Bertz CT molecular complexity index is 875. The second-order valence-electron chi connectivity index (χ2n) is 5.27. The molecule has 0 saturated carbocycles. The number of hydrogen-bond donors (Lipinski definition) is 0. The van der Waals surface area contributed by atoms with E-state index in [1.165, 1.54) is 0 Å². The molecule has 24 heavy (non-hydrogen) atoms. The summed E-state index contributed by atoms with van der Waals surface area (Å²) in [6.07, 6.45) is 4.16. The van der Waals surface area contributed by atoms with Gasteiger partial charge in [-0.05, 0) is 58.8 Å². The second-order valence-corrected chi connectivity index (χ2v) is 6.43. The number of benzene rings is 1. The molecule has 5 nitrogen and oxygen atoms in total. The number of carbonyl (C=O) groups is 1. The van der Waals surface area contributed by atoms with E-state index in [0.29, 0.717) is 11.5 Å². The Kier molecular flexibility index (Phi) is 4.94. The van der Waals surface area contributed by atoms with Crippen LogP contribution in [0.1, 0.15) is 23.0 Å². The molecule has 122 valence electrons. The van der Waals surface area contributed by atoms with Crippen molar-refractivity contribution in [2.45, 2.75) is 13.3 Å². The number of rotatable bonds is 4. The molecule has 1 aromatic carbocycles. The van der Waals surface area contributed by atoms with Gasteiger partial charge in [0.1, 0.15) is 5.69 Å². The third-order valence-corrected chi connectivity index (χ3v) is 4.65. The summed E-state index contributed by atoms with van der Waals surface area (Å²) in [4.78, 5) is 19.4. The Morgan fingerprint density at radius 2 is 1.96 bits per heavy atom. The van der Waals surface area contributed by atoms with E-state index in [1.54, 1.807) is 35.1 Å². The molecule has 0 unspecified atom stereocenters. The zero-order chi connectivity index (χ0) is 17.1. The van der Waals surface area contributed by atoms with Gasteiger partial charge in [-0.2, -0.15) is 5.10 Å². The lowest BCUT2D eigenvalue weighted by molar-refractivity contribution is 0.0989. The van der Waals surface area contributed by atoms with Crippen LogP contribution in [-0.2, 0) is 13.5 Å². The van der Waals surface area contributed by atoms with Gasteiger partial charge in [-0.3, -0.25) is 14.4 Å². The number of aryl methyl sites for hydroxylation is 2. The van der Waals surface area contributed by atoms with Gasteiger partial charge in [-0.1, -0.05) is 25.1 Å². The highest BCUT2D eigenvalue weighted by Crippen LogP contribution is 2.32. The fourth-order valence-electron chi connectivity index (χ4n) is 2.59. The molecule has 0 aliphatic carbocycles. The average molecular weight is 432 g/mol. The number of nitrogens with zero attached hydrogens (tertiary/aromatic N) is 4. The van der Waals surface area contributed by atoms with Crippen molar-refractivity contribution in [3.05, 3.63) is 69.7 Å². The molecule has 0 spiro atoms. The highest BCUT2D eigenvalue weighted by molar-refractivity contribution is 14.1. The van der Waals surface area contributed by atoms with Crippen molar-refractivity contribution < 1.29 is 4.79 Å². The van der Waals surface area contributed by atoms with Crippen molar-refractivity contribution in [2.75, 3.05) is 4.90 Å². The lowest BCUT2D eigenvalue weighted by atomic mass is 10.1. The first-order chi connectivity index (χ1) is 11.6. The van der Waals surface area contributed by atoms with Crippen LogP contribution in [0.25, 0.3) is 0 Å². The Morgan fingerprint density at radius 1 is 1.17 bits per heavy atom. The van der Waals surface area contributed by atoms with E-state index in [-0.39, 0.29) is 5.91 Å². The molecule has 3 rings (SSSR count). The lowest BCUT2D eigenvalue weighted by Crippen LogP contribution is -2.30. The normalized spacial score (nSPS) is 10.6. The monoisotopic (exact) mass is 432 g/mol. The van der Waals surface area contributed by atoms with E-state index in [0.717, 1.165) is 21.2 Å². The topological polar surface area (TPSA) is 51.0 Å². The second kappa shape index (κ2) is 7.12. The number of para-hydroxylation sites is 1. The van der Waals surface area contributed by atoms with Gasteiger partial charge in [0.05, 0.1) is 9.26 Å². The van der Waals surface area contributed by atoms with E-state index >= 15 is 0 Å². The standard InChI is InChI=1S/C18H17IN4O/c1-3-13-7-4-5-9-15(13)23(17-14(19)8-6-11-20-17)18(24)16-10-12-21-22(16)2/h4-12H,3H2,1-2H3. The highest BCUT2D eigenvalue weighted by Gasteiger charge is 2.26. The van der Waals surface area contributed by atoms with Crippen LogP contribution in [0.15, 0.2) is 54.9 Å². The maximum Gasteiger partial charge on any atom is 0.282 e. The van der Waals surface area contributed by atoms with Gasteiger partial charge in [-0.15, -0.1) is 0 Å². The van der Waals surface area contributed by atoms with Gasteiger partial charge in [0.15, 0.2) is 5.82 Å². The van der Waals surface area contributed by atoms with Crippen LogP contribution in [0.4, 0.5) is 11.5 Å². The van der Waals surface area contributed by atoms with E-state index in [1.807, 2.05) is 36.4 Å². The summed E-state index contributed by atoms with van der Waals surface area (Å²) in [5.41, 5.74) is 2.46. The predicted octanol–water partition coefficient (Wildman–Crippen LogP) is 3.96. The van der Waals surface area contributed by atoms with Crippen molar-refractivity contribution in [1.29, 1.82) is 0 Å². The van der Waals surface area contributed by atoms with E-state index in [9.17, 15) is 4.79 Å². The van der Waals surface area contributed by atoms with E-state index in [4.69, 9.17) is 0 Å². The third-order valence-electron chi connectivity index (χ3n) is 3.81. The molecule has 0 aliphatic heterocycles. The summed E-state index contributed by atoms with van der Waals surface area (Å²) in [6.45, 7) is 2.08. The first-order valence-corrected chi connectivity index (χ1v) is 8.72. The molecule has 6 heteroatoms. The molecule has 0 aliphatic rings. The van der Waals surface area contributed by atoms with E-state index in [2.05, 4.69) is 39.6 Å². The summed E-state index contributed by atoms with van der Waals surface area (Å²) in [6, 6.07) is 13.4. The number of carbonyl (C=O) groups excluding carboxylic acids is 1. The van der Waals surface area contributed by atoms with Crippen LogP contribution >= 0.6 is 22.6 Å². The summed E-state index contributed by atoms with van der Waals surface area (Å²) < 4.78 is 2.50. The number of anilines is 2. The maximum atomic E-state index is 13.3. The number of amides is 1. The minimum Gasteiger partial charge on any atom is -0.266 e. The number of hydrogen-bond acceptors (Lipinski definition) is 3. The molecule has 0 saturated heterocycles. The smallest absolute Gasteiger partial charge is 0.266 e. The van der Waals surface area contributed by atoms with Crippen molar-refractivity contribution in [2.24, 2.45) is 7.05 Å². The highest BCUT2D eigenvalue weighted by atomic mass is 127. The molecule has 0 bridgehead atoms. The van der Waals surface area contributed by atoms with E-state index < -0.39 is 0 Å². The number of aromatic nitrogens is 3. The first kappa shape index (κ1) is 16.6. The van der Waals surface area contributed by atoms with Gasteiger partial charge in [0.2, 0.25) is 0 Å². The molecule has 0 N–H and O–H groups in total. The largest absolute Gasteiger partial charge is 0.282 e. The summed E-state index contributed by atoms with van der Waals surface area (Å²) in [5.74, 6) is 0.484. The molecule has 1 amide bonds. The van der Waals surface area contributed by atoms with Crippen LogP contribution in [0, 0.1) is 3.57 Å². The Labute approximate surface area is 154 Å². The van der Waals surface area contributed by atoms with Crippen molar-refractivity contribution >= 4 is 40.0 Å². The molecular weight excluding hydrogens is 415 g/mol. The van der Waals surface area contributed by atoms with Crippen LogP contribution in [0.2, 0.25) is 0 Å². The quantitative estimate of drug-likeness (QED) is 0.587. The van der Waals surface area contributed by atoms with Gasteiger partial charge < -0.3 is 0 Å². The Morgan fingerprint density at radius 3 is 2.62 bits per heavy atom. The van der Waals surface area contributed by atoms with Crippen molar-refractivity contribution in [1.82, 2.24) is 14.8 Å². The molecule has 2 aromatic heterocycles. The van der Waals surface area contributed by atoms with Gasteiger partial charge in [0.25, 0.3) is 5.91 Å². The van der Waals surface area contributed by atoms with Gasteiger partial charge in [0, 0.05) is 19.4 Å². The van der Waals surface area contributed by atoms with Gasteiger partial charge in [-0.25, -0.2) is 4.98 Å². The average Bonchev–Trinajstić information content (AvgIpc) is 3.03. The molecule has 2 heterocycles. The summed E-state index contributed by atoms with van der Waals surface area (Å²) in [5, 5.41) is 4.12. The van der Waals surface area contributed by atoms with Crippen molar-refractivity contribution in [3.63, 3.8) is 0 Å². The predicted molar refractivity (Wildman–Crippen MR) is 102 cm³/mol. The van der Waals surface area contributed by atoms with Crippen LogP contribution < -0.4 is 4.90 Å². The third kappa shape index (κ3) is 3.06. The minimum atomic E-state index is -0.146. The zero-order valence-electron chi connectivity index (χ0n) is 13.5. The van der Waals surface area contributed by atoms with Crippen LogP contribution in [0.3, 0.4) is 0 Å². The Balaban J connectivity index is 2.20. The molecule has 0 fully saturated rings. The zero-order valence-corrected chi connectivity index (χ0v) is 15.6. The molecular formula is C18H17IN4O. The lowest BCUT2D eigenvalue weighted by Gasteiger charge is -2.25. The number of pyridine rings is 1. The van der Waals surface area contributed by atoms with Crippen LogP contribution in [-0.4, -0.2) is 20.7 Å². The fourth-order valence-corrected chi connectivity index (χ4v) is 3.18. The maximum absolute atomic E-state index is 13.3. The van der Waals surface area contributed by atoms with Crippen molar-refractivity contribution in [3.8, 4) is 0 Å². The fraction of sp³-hybridized carbons (Fsp3) is 0.167. The summed E-state index contributed by atoms with van der Waals surface area (Å²) in [7, 11) is 1.76. The Hall–Kier alpha value is -2.22. The molecule has 0 atom stereocenters. The first-order valence-electron chi connectivity index (χ1n) is 7.64. The summed E-state index contributed by atoms with van der Waals surface area (Å²) >= 11 is 2.21.